The van der Waals surface area contributed by atoms with Crippen LogP contribution in [0.5, 0.6) is 0 Å². The van der Waals surface area contributed by atoms with E-state index in [1.165, 1.54) is 13.0 Å². The van der Waals surface area contributed by atoms with Crippen molar-refractivity contribution in [3.05, 3.63) is 59.1 Å². The first-order valence-corrected chi connectivity index (χ1v) is 9.43. The SMILES string of the molecule is O=C(NC1CN2CC[C@H]1C2)c1cccc(Sc2cccc(Cl)c2)c1. The van der Waals surface area contributed by atoms with Gasteiger partial charge < -0.3 is 10.2 Å². The number of rotatable bonds is 4. The molecular formula is C19H19ClN2OS. The minimum Gasteiger partial charge on any atom is -0.348 e. The van der Waals surface area contributed by atoms with Gasteiger partial charge in [-0.05, 0) is 55.3 Å². The molecule has 24 heavy (non-hydrogen) atoms. The van der Waals surface area contributed by atoms with E-state index in [1.54, 1.807) is 11.8 Å². The van der Waals surface area contributed by atoms with Gasteiger partial charge in [-0.1, -0.05) is 35.5 Å². The van der Waals surface area contributed by atoms with E-state index >= 15 is 0 Å². The molecule has 2 heterocycles. The molecule has 2 bridgehead atoms. The van der Waals surface area contributed by atoms with Crippen molar-refractivity contribution in [3.63, 3.8) is 0 Å². The van der Waals surface area contributed by atoms with E-state index in [4.69, 9.17) is 11.6 Å². The molecule has 4 rings (SSSR count). The zero-order chi connectivity index (χ0) is 16.5. The monoisotopic (exact) mass is 358 g/mol. The smallest absolute Gasteiger partial charge is 0.251 e. The molecule has 0 radical (unpaired) electrons. The summed E-state index contributed by atoms with van der Waals surface area (Å²) in [6.07, 6.45) is 1.20. The number of amides is 1. The van der Waals surface area contributed by atoms with Gasteiger partial charge in [0.15, 0.2) is 0 Å². The van der Waals surface area contributed by atoms with Crippen LogP contribution >= 0.6 is 23.4 Å². The molecule has 2 saturated heterocycles. The summed E-state index contributed by atoms with van der Waals surface area (Å²) < 4.78 is 0. The number of halogens is 1. The number of fused-ring (bicyclic) bond motifs is 2. The molecular weight excluding hydrogens is 340 g/mol. The summed E-state index contributed by atoms with van der Waals surface area (Å²) in [7, 11) is 0. The third-order valence-electron chi connectivity index (χ3n) is 4.78. The van der Waals surface area contributed by atoms with E-state index in [9.17, 15) is 4.79 Å². The molecule has 3 atom stereocenters. The second kappa shape index (κ2) is 6.79. The number of hydrogen-bond donors (Lipinski definition) is 1. The van der Waals surface area contributed by atoms with Crippen LogP contribution in [0.1, 0.15) is 16.8 Å². The van der Waals surface area contributed by atoms with Crippen molar-refractivity contribution in [3.8, 4) is 0 Å². The number of carbonyl (C=O) groups excluding carboxylic acids is 1. The first kappa shape index (κ1) is 16.0. The van der Waals surface area contributed by atoms with Crippen molar-refractivity contribution in [1.29, 1.82) is 0 Å². The fraction of sp³-hybridized carbons (Fsp3) is 0.316. The Labute approximate surface area is 151 Å². The molecule has 2 aliphatic rings. The second-order valence-electron chi connectivity index (χ2n) is 6.48. The fourth-order valence-corrected chi connectivity index (χ4v) is 4.76. The van der Waals surface area contributed by atoms with Gasteiger partial charge in [-0.15, -0.1) is 0 Å². The zero-order valence-corrected chi connectivity index (χ0v) is 14.8. The molecule has 0 aliphatic carbocycles. The van der Waals surface area contributed by atoms with Crippen LogP contribution in [0, 0.1) is 5.92 Å². The van der Waals surface area contributed by atoms with Crippen molar-refractivity contribution >= 4 is 29.3 Å². The van der Waals surface area contributed by atoms with Crippen LogP contribution in [0.2, 0.25) is 5.02 Å². The maximum atomic E-state index is 12.6. The number of nitrogens with zero attached hydrogens (tertiary/aromatic N) is 1. The van der Waals surface area contributed by atoms with Gasteiger partial charge in [0.2, 0.25) is 0 Å². The molecule has 2 aromatic carbocycles. The van der Waals surface area contributed by atoms with E-state index < -0.39 is 0 Å². The Kier molecular flexibility index (Phi) is 4.53. The van der Waals surface area contributed by atoms with Crippen LogP contribution in [0.3, 0.4) is 0 Å². The minimum absolute atomic E-state index is 0.0299. The highest BCUT2D eigenvalue weighted by atomic mass is 35.5. The van der Waals surface area contributed by atoms with E-state index in [2.05, 4.69) is 10.2 Å². The molecule has 2 unspecified atom stereocenters. The predicted molar refractivity (Wildman–Crippen MR) is 97.8 cm³/mol. The number of nitrogens with one attached hydrogen (secondary N) is 1. The summed E-state index contributed by atoms with van der Waals surface area (Å²) in [5.74, 6) is 0.653. The number of carbonyl (C=O) groups is 1. The molecule has 1 N–H and O–H groups in total. The summed E-state index contributed by atoms with van der Waals surface area (Å²) in [5, 5.41) is 3.94. The maximum absolute atomic E-state index is 12.6. The predicted octanol–water partition coefficient (Wildman–Crippen LogP) is 3.93. The Bertz CT molecular complexity index is 767. The van der Waals surface area contributed by atoms with Gasteiger partial charge in [0.1, 0.15) is 0 Å². The summed E-state index contributed by atoms with van der Waals surface area (Å²) in [5.41, 5.74) is 0.722. The van der Waals surface area contributed by atoms with Gasteiger partial charge in [0, 0.05) is 39.5 Å². The van der Waals surface area contributed by atoms with Crippen LogP contribution in [0.4, 0.5) is 0 Å². The summed E-state index contributed by atoms with van der Waals surface area (Å²) >= 11 is 7.65. The molecule has 5 heteroatoms. The Balaban J connectivity index is 1.45. The van der Waals surface area contributed by atoms with Gasteiger partial charge in [0.25, 0.3) is 5.91 Å². The molecule has 2 fully saturated rings. The average molecular weight is 359 g/mol. The number of benzene rings is 2. The van der Waals surface area contributed by atoms with Crippen LogP contribution in [0.25, 0.3) is 0 Å². The molecule has 1 amide bonds. The average Bonchev–Trinajstić information content (AvgIpc) is 3.18. The lowest BCUT2D eigenvalue weighted by Crippen LogP contribution is -2.43. The van der Waals surface area contributed by atoms with Crippen molar-refractivity contribution in [1.82, 2.24) is 10.2 Å². The second-order valence-corrected chi connectivity index (χ2v) is 8.06. The Hall–Kier alpha value is -1.49. The summed E-state index contributed by atoms with van der Waals surface area (Å²) in [6, 6.07) is 15.8. The lowest BCUT2D eigenvalue weighted by Gasteiger charge is -2.23. The van der Waals surface area contributed by atoms with Crippen LogP contribution in [-0.4, -0.2) is 36.5 Å². The lowest BCUT2D eigenvalue weighted by atomic mass is 9.99. The van der Waals surface area contributed by atoms with Crippen molar-refractivity contribution in [2.75, 3.05) is 19.6 Å². The van der Waals surface area contributed by atoms with E-state index in [-0.39, 0.29) is 5.91 Å². The van der Waals surface area contributed by atoms with Gasteiger partial charge in [-0.3, -0.25) is 4.79 Å². The third-order valence-corrected chi connectivity index (χ3v) is 5.99. The molecule has 0 saturated carbocycles. The van der Waals surface area contributed by atoms with Crippen LogP contribution in [0.15, 0.2) is 58.3 Å². The Morgan fingerprint density at radius 2 is 1.92 bits per heavy atom. The minimum atomic E-state index is 0.0299. The topological polar surface area (TPSA) is 32.3 Å². The van der Waals surface area contributed by atoms with Gasteiger partial charge in [0.05, 0.1) is 0 Å². The normalized spacial score (nSPS) is 25.0. The fourth-order valence-electron chi connectivity index (χ4n) is 3.57. The Morgan fingerprint density at radius 3 is 2.62 bits per heavy atom. The highest BCUT2D eigenvalue weighted by Gasteiger charge is 2.38. The molecule has 124 valence electrons. The van der Waals surface area contributed by atoms with Crippen LogP contribution in [-0.2, 0) is 0 Å². The first-order chi connectivity index (χ1) is 11.7. The van der Waals surface area contributed by atoms with E-state index in [1.807, 2.05) is 48.5 Å². The van der Waals surface area contributed by atoms with Crippen LogP contribution < -0.4 is 5.32 Å². The molecule has 2 aliphatic heterocycles. The standard InChI is InChI=1S/C19H19ClN2OS/c20-15-4-2-6-17(10-15)24-16-5-1-3-13(9-16)19(23)21-18-12-22-8-7-14(18)11-22/h1-6,9-10,14,18H,7-8,11-12H2,(H,21,23)/t14-,18?/m0/s1. The summed E-state index contributed by atoms with van der Waals surface area (Å²) in [4.78, 5) is 17.1. The molecule has 0 aromatic heterocycles. The third kappa shape index (κ3) is 3.46. The molecule has 2 aromatic rings. The van der Waals surface area contributed by atoms with Crippen molar-refractivity contribution in [2.45, 2.75) is 22.3 Å². The Morgan fingerprint density at radius 1 is 1.12 bits per heavy atom. The first-order valence-electron chi connectivity index (χ1n) is 8.24. The van der Waals surface area contributed by atoms with Crippen molar-refractivity contribution < 1.29 is 4.79 Å². The van der Waals surface area contributed by atoms with Crippen molar-refractivity contribution in [2.24, 2.45) is 5.92 Å². The van der Waals surface area contributed by atoms with Gasteiger partial charge in [-0.2, -0.15) is 0 Å². The summed E-state index contributed by atoms with van der Waals surface area (Å²) in [6.45, 7) is 3.31. The zero-order valence-electron chi connectivity index (χ0n) is 13.2. The van der Waals surface area contributed by atoms with Gasteiger partial charge >= 0.3 is 0 Å². The van der Waals surface area contributed by atoms with Gasteiger partial charge in [-0.25, -0.2) is 0 Å². The van der Waals surface area contributed by atoms with E-state index in [0.717, 1.165) is 33.5 Å². The number of hydrogen-bond acceptors (Lipinski definition) is 3. The van der Waals surface area contributed by atoms with E-state index in [0.29, 0.717) is 12.0 Å². The maximum Gasteiger partial charge on any atom is 0.251 e. The highest BCUT2D eigenvalue weighted by Crippen LogP contribution is 2.30. The molecule has 3 nitrogen and oxygen atoms in total. The lowest BCUT2D eigenvalue weighted by molar-refractivity contribution is 0.0924. The number of piperidine rings is 1. The highest BCUT2D eigenvalue weighted by molar-refractivity contribution is 7.99. The quantitative estimate of drug-likeness (QED) is 0.898. The molecule has 0 spiro atoms. The largest absolute Gasteiger partial charge is 0.348 e.